The van der Waals surface area contributed by atoms with Crippen LogP contribution in [0.15, 0.2) is 156 Å². The van der Waals surface area contributed by atoms with Crippen LogP contribution in [0.2, 0.25) is 0 Å². The molecule has 0 spiro atoms. The third-order valence-corrected chi connectivity index (χ3v) is 9.67. The van der Waals surface area contributed by atoms with Crippen LogP contribution in [0.3, 0.4) is 0 Å². The van der Waals surface area contributed by atoms with E-state index in [4.69, 9.17) is 4.42 Å². The van der Waals surface area contributed by atoms with Gasteiger partial charge in [0.05, 0.1) is 16.8 Å². The lowest BCUT2D eigenvalue weighted by atomic mass is 9.82. The summed E-state index contributed by atoms with van der Waals surface area (Å²) in [4.78, 5) is 2.44. The summed E-state index contributed by atoms with van der Waals surface area (Å²) in [5.41, 5.74) is 12.6. The number of nitrogens with zero attached hydrogens (tertiary/aromatic N) is 1. The molecule has 1 aliphatic rings. The number of hydrogen-bond acceptors (Lipinski definition) is 2. The molecule has 0 aliphatic heterocycles. The number of furan rings is 1. The van der Waals surface area contributed by atoms with Crippen LogP contribution in [0.4, 0.5) is 17.1 Å². The van der Waals surface area contributed by atoms with Crippen molar-refractivity contribution in [2.75, 3.05) is 4.90 Å². The minimum absolute atomic E-state index is 0.0970. The highest BCUT2D eigenvalue weighted by Crippen LogP contribution is 2.55. The van der Waals surface area contributed by atoms with Gasteiger partial charge in [-0.05, 0) is 69.4 Å². The first-order chi connectivity index (χ1) is 22.1. The van der Waals surface area contributed by atoms with Crippen LogP contribution in [0.5, 0.6) is 0 Å². The Kier molecular flexibility index (Phi) is 5.58. The molecule has 0 N–H and O–H groups in total. The van der Waals surface area contributed by atoms with Gasteiger partial charge in [0.15, 0.2) is 0 Å². The molecule has 0 radical (unpaired) electrons. The van der Waals surface area contributed by atoms with Crippen molar-refractivity contribution in [2.24, 2.45) is 0 Å². The zero-order valence-electron chi connectivity index (χ0n) is 25.3. The van der Waals surface area contributed by atoms with Crippen LogP contribution in [0.25, 0.3) is 55.0 Å². The van der Waals surface area contributed by atoms with Crippen molar-refractivity contribution in [3.8, 4) is 22.3 Å². The molecule has 7 aromatic carbocycles. The molecular weight excluding hydrogens is 546 g/mol. The van der Waals surface area contributed by atoms with Crippen molar-refractivity contribution < 1.29 is 4.42 Å². The lowest BCUT2D eigenvalue weighted by Gasteiger charge is -2.29. The highest BCUT2D eigenvalue weighted by Gasteiger charge is 2.38. The minimum atomic E-state index is -0.0970. The molecule has 2 heteroatoms. The maximum absolute atomic E-state index is 6.80. The second kappa shape index (κ2) is 9.70. The van der Waals surface area contributed by atoms with E-state index < -0.39 is 0 Å². The van der Waals surface area contributed by atoms with E-state index in [-0.39, 0.29) is 5.41 Å². The monoisotopic (exact) mass is 577 g/mol. The lowest BCUT2D eigenvalue weighted by molar-refractivity contribution is 0.660. The van der Waals surface area contributed by atoms with E-state index >= 15 is 0 Å². The number of hydrogen-bond donors (Lipinski definition) is 0. The second-order valence-electron chi connectivity index (χ2n) is 12.5. The van der Waals surface area contributed by atoms with Gasteiger partial charge >= 0.3 is 0 Å². The highest BCUT2D eigenvalue weighted by atomic mass is 16.3. The van der Waals surface area contributed by atoms with Gasteiger partial charge in [0.1, 0.15) is 11.2 Å². The van der Waals surface area contributed by atoms with Gasteiger partial charge in [0.2, 0.25) is 0 Å². The summed E-state index contributed by atoms with van der Waals surface area (Å²) in [6, 6.07) is 54.5. The normalized spacial score (nSPS) is 13.3. The molecule has 0 bridgehead atoms. The number of rotatable bonds is 4. The maximum atomic E-state index is 6.80. The number of anilines is 3. The summed E-state index contributed by atoms with van der Waals surface area (Å²) in [6.07, 6.45) is 0. The fourth-order valence-corrected chi connectivity index (χ4v) is 7.58. The smallest absolute Gasteiger partial charge is 0.145 e. The number of benzene rings is 7. The zero-order chi connectivity index (χ0) is 30.1. The first kappa shape index (κ1) is 25.9. The van der Waals surface area contributed by atoms with Crippen LogP contribution in [0.1, 0.15) is 25.0 Å². The molecule has 9 rings (SSSR count). The lowest BCUT2D eigenvalue weighted by Crippen LogP contribution is -2.16. The fraction of sp³-hybridized carbons (Fsp3) is 0.0698. The molecule has 45 heavy (non-hydrogen) atoms. The highest BCUT2D eigenvalue weighted by molar-refractivity contribution is 6.19. The van der Waals surface area contributed by atoms with Crippen LogP contribution >= 0.6 is 0 Å². The van der Waals surface area contributed by atoms with Crippen molar-refractivity contribution in [3.63, 3.8) is 0 Å². The molecule has 1 heterocycles. The maximum Gasteiger partial charge on any atom is 0.145 e. The first-order valence-corrected chi connectivity index (χ1v) is 15.6. The van der Waals surface area contributed by atoms with Crippen LogP contribution in [-0.2, 0) is 5.41 Å². The van der Waals surface area contributed by atoms with Gasteiger partial charge in [-0.3, -0.25) is 0 Å². The standard InChI is InChI=1S/C43H31NO/c1-43(2)35-22-10-8-19-33(35)40-36(43)23-13-24-37(40)44(29-16-4-3-5-17-29)38-27-26-32(31-21-12-15-28-14-6-7-18-30(28)31)42-41(38)34-20-9-11-25-39(34)45-42/h3-27H,1-2H3. The van der Waals surface area contributed by atoms with Crippen LogP contribution in [-0.4, -0.2) is 0 Å². The second-order valence-corrected chi connectivity index (χ2v) is 12.5. The first-order valence-electron chi connectivity index (χ1n) is 15.6. The van der Waals surface area contributed by atoms with Crippen molar-refractivity contribution in [3.05, 3.63) is 163 Å². The van der Waals surface area contributed by atoms with E-state index in [1.165, 1.54) is 44.3 Å². The molecule has 8 aromatic rings. The van der Waals surface area contributed by atoms with E-state index in [9.17, 15) is 0 Å². The average Bonchev–Trinajstić information content (AvgIpc) is 3.59. The summed E-state index contributed by atoms with van der Waals surface area (Å²) >= 11 is 0. The van der Waals surface area contributed by atoms with Gasteiger partial charge in [-0.1, -0.05) is 129 Å². The van der Waals surface area contributed by atoms with Crippen molar-refractivity contribution in [1.82, 2.24) is 0 Å². The zero-order valence-corrected chi connectivity index (χ0v) is 25.3. The molecule has 0 unspecified atom stereocenters. The number of para-hydroxylation sites is 2. The predicted octanol–water partition coefficient (Wildman–Crippen LogP) is 12.2. The Hall–Kier alpha value is -5.60. The quantitative estimate of drug-likeness (QED) is 0.207. The van der Waals surface area contributed by atoms with E-state index in [1.807, 2.05) is 0 Å². The molecule has 0 atom stereocenters. The summed E-state index contributed by atoms with van der Waals surface area (Å²) in [7, 11) is 0. The SMILES string of the molecule is CC1(C)c2ccccc2-c2c(N(c3ccccc3)c3ccc(-c4cccc5ccccc45)c4oc5ccccc5c34)cccc21. The third-order valence-electron chi connectivity index (χ3n) is 9.67. The Balaban J connectivity index is 1.39. The molecule has 214 valence electrons. The molecule has 0 saturated carbocycles. The predicted molar refractivity (Wildman–Crippen MR) is 189 cm³/mol. The van der Waals surface area contributed by atoms with Gasteiger partial charge in [-0.15, -0.1) is 0 Å². The fourth-order valence-electron chi connectivity index (χ4n) is 7.58. The van der Waals surface area contributed by atoms with Gasteiger partial charge in [0, 0.05) is 27.6 Å². The van der Waals surface area contributed by atoms with Crippen LogP contribution in [0, 0.1) is 0 Å². The number of fused-ring (bicyclic) bond motifs is 7. The molecule has 0 amide bonds. The van der Waals surface area contributed by atoms with Gasteiger partial charge in [0.25, 0.3) is 0 Å². The molecule has 1 aliphatic carbocycles. The van der Waals surface area contributed by atoms with Crippen molar-refractivity contribution in [2.45, 2.75) is 19.3 Å². The Labute approximate surface area is 262 Å². The summed E-state index contributed by atoms with van der Waals surface area (Å²) in [6.45, 7) is 4.68. The van der Waals surface area contributed by atoms with Gasteiger partial charge < -0.3 is 9.32 Å². The summed E-state index contributed by atoms with van der Waals surface area (Å²) < 4.78 is 6.80. The van der Waals surface area contributed by atoms with Crippen molar-refractivity contribution >= 4 is 49.8 Å². The minimum Gasteiger partial charge on any atom is -0.455 e. The molecule has 0 saturated heterocycles. The Morgan fingerprint density at radius 1 is 0.489 bits per heavy atom. The summed E-state index contributed by atoms with van der Waals surface area (Å²) in [5, 5.41) is 4.66. The molecular formula is C43H31NO. The van der Waals surface area contributed by atoms with Crippen LogP contribution < -0.4 is 4.90 Å². The van der Waals surface area contributed by atoms with E-state index in [0.717, 1.165) is 38.9 Å². The molecule has 2 nitrogen and oxygen atoms in total. The topological polar surface area (TPSA) is 16.4 Å². The third kappa shape index (κ3) is 3.76. The Bertz CT molecular complexity index is 2410. The summed E-state index contributed by atoms with van der Waals surface area (Å²) in [5.74, 6) is 0. The van der Waals surface area contributed by atoms with E-state index in [1.54, 1.807) is 0 Å². The average molecular weight is 578 g/mol. The van der Waals surface area contributed by atoms with Crippen molar-refractivity contribution in [1.29, 1.82) is 0 Å². The van der Waals surface area contributed by atoms with E-state index in [0.29, 0.717) is 0 Å². The largest absolute Gasteiger partial charge is 0.455 e. The van der Waals surface area contributed by atoms with Gasteiger partial charge in [-0.2, -0.15) is 0 Å². The Morgan fingerprint density at radius 3 is 2.04 bits per heavy atom. The molecule has 0 fully saturated rings. The Morgan fingerprint density at radius 2 is 1.16 bits per heavy atom. The molecule has 1 aromatic heterocycles. The van der Waals surface area contributed by atoms with Gasteiger partial charge in [-0.25, -0.2) is 0 Å². The van der Waals surface area contributed by atoms with E-state index in [2.05, 4.69) is 170 Å².